The summed E-state index contributed by atoms with van der Waals surface area (Å²) >= 11 is 0. The molecule has 1 fully saturated rings. The molecule has 1 atom stereocenters. The maximum Gasteiger partial charge on any atom is 0.227 e. The molecule has 0 radical (unpaired) electrons. The monoisotopic (exact) mass is 336 g/mol. The lowest BCUT2D eigenvalue weighted by molar-refractivity contribution is -0.133. The fraction of sp³-hybridized carbons (Fsp3) is 0.765. The second kappa shape index (κ2) is 7.77. The molecule has 0 spiro atoms. The average Bonchev–Trinajstić information content (AvgIpc) is 3.00. The lowest BCUT2D eigenvalue weighted by Crippen LogP contribution is -2.43. The molecule has 1 N–H and O–H groups in total. The second-order valence-electron chi connectivity index (χ2n) is 7.55. The van der Waals surface area contributed by atoms with E-state index in [1.54, 1.807) is 0 Å². The molecule has 1 aromatic rings. The van der Waals surface area contributed by atoms with Crippen LogP contribution >= 0.6 is 0 Å². The van der Waals surface area contributed by atoms with Gasteiger partial charge in [-0.25, -0.2) is 0 Å². The van der Waals surface area contributed by atoms with Crippen LogP contribution in [0.2, 0.25) is 0 Å². The fourth-order valence-electron chi connectivity index (χ4n) is 2.78. The van der Waals surface area contributed by atoms with Gasteiger partial charge in [0.25, 0.3) is 0 Å². The van der Waals surface area contributed by atoms with E-state index in [0.717, 1.165) is 19.4 Å². The highest BCUT2D eigenvalue weighted by atomic mass is 16.5. The first-order chi connectivity index (χ1) is 11.3. The Bertz CT molecular complexity index is 577. The van der Waals surface area contributed by atoms with E-state index in [0.29, 0.717) is 43.6 Å². The molecule has 1 unspecified atom stereocenters. The summed E-state index contributed by atoms with van der Waals surface area (Å²) in [5.74, 6) is 1.60. The predicted molar refractivity (Wildman–Crippen MR) is 89.3 cm³/mol. The van der Waals surface area contributed by atoms with Gasteiger partial charge >= 0.3 is 0 Å². The number of carbonyl (C=O) groups is 2. The van der Waals surface area contributed by atoms with Crippen LogP contribution in [-0.4, -0.2) is 46.5 Å². The van der Waals surface area contributed by atoms with Gasteiger partial charge in [0.2, 0.25) is 17.7 Å². The molecular weight excluding hydrogens is 308 g/mol. The Kier molecular flexibility index (Phi) is 5.96. The zero-order chi connectivity index (χ0) is 17.7. The SMILES string of the molecule is CC(=O)NCC1CCCN(C(=O)CCc2nc(C(C)(C)C)no2)C1. The van der Waals surface area contributed by atoms with Crippen molar-refractivity contribution in [1.82, 2.24) is 20.4 Å². The zero-order valence-electron chi connectivity index (χ0n) is 15.1. The lowest BCUT2D eigenvalue weighted by atomic mass is 9.96. The molecule has 1 aliphatic heterocycles. The van der Waals surface area contributed by atoms with Gasteiger partial charge in [0.15, 0.2) is 5.82 Å². The van der Waals surface area contributed by atoms with Crippen LogP contribution < -0.4 is 5.32 Å². The van der Waals surface area contributed by atoms with Crippen molar-refractivity contribution >= 4 is 11.8 Å². The van der Waals surface area contributed by atoms with E-state index in [-0.39, 0.29) is 17.2 Å². The standard InChI is InChI=1S/C17H28N4O3/c1-12(22)18-10-13-6-5-9-21(11-13)15(23)8-7-14-19-16(20-24-14)17(2,3)4/h13H,5-11H2,1-4H3,(H,18,22). The van der Waals surface area contributed by atoms with E-state index < -0.39 is 0 Å². The molecule has 2 heterocycles. The molecule has 1 saturated heterocycles. The minimum Gasteiger partial charge on any atom is -0.356 e. The van der Waals surface area contributed by atoms with Crippen LogP contribution in [-0.2, 0) is 21.4 Å². The van der Waals surface area contributed by atoms with Gasteiger partial charge in [-0.05, 0) is 18.8 Å². The molecule has 7 nitrogen and oxygen atoms in total. The number of rotatable bonds is 5. The first-order valence-electron chi connectivity index (χ1n) is 8.61. The first kappa shape index (κ1) is 18.4. The number of nitrogens with zero attached hydrogens (tertiary/aromatic N) is 3. The topological polar surface area (TPSA) is 88.3 Å². The van der Waals surface area contributed by atoms with Crippen LogP contribution in [0.1, 0.15) is 58.7 Å². The fourth-order valence-corrected chi connectivity index (χ4v) is 2.78. The van der Waals surface area contributed by atoms with E-state index in [2.05, 4.69) is 15.5 Å². The van der Waals surface area contributed by atoms with Crippen LogP contribution in [0.4, 0.5) is 0 Å². The summed E-state index contributed by atoms with van der Waals surface area (Å²) in [6.45, 7) is 9.71. The molecule has 1 aromatic heterocycles. The third-order valence-electron chi connectivity index (χ3n) is 4.20. The van der Waals surface area contributed by atoms with Crippen molar-refractivity contribution in [3.63, 3.8) is 0 Å². The first-order valence-corrected chi connectivity index (χ1v) is 8.61. The van der Waals surface area contributed by atoms with Gasteiger partial charge in [0.05, 0.1) is 0 Å². The van der Waals surface area contributed by atoms with Crippen molar-refractivity contribution in [3.8, 4) is 0 Å². The third-order valence-corrected chi connectivity index (χ3v) is 4.20. The highest BCUT2D eigenvalue weighted by molar-refractivity contribution is 5.76. The minimum absolute atomic E-state index is 0.0236. The molecule has 7 heteroatoms. The van der Waals surface area contributed by atoms with Crippen molar-refractivity contribution in [2.75, 3.05) is 19.6 Å². The van der Waals surface area contributed by atoms with Crippen molar-refractivity contribution in [2.45, 2.75) is 58.8 Å². The van der Waals surface area contributed by atoms with Crippen molar-refractivity contribution in [3.05, 3.63) is 11.7 Å². The largest absolute Gasteiger partial charge is 0.356 e. The van der Waals surface area contributed by atoms with Gasteiger partial charge in [-0.15, -0.1) is 0 Å². The molecule has 1 aliphatic rings. The molecule has 2 amide bonds. The summed E-state index contributed by atoms with van der Waals surface area (Å²) in [6, 6.07) is 0. The highest BCUT2D eigenvalue weighted by Crippen LogP contribution is 2.20. The van der Waals surface area contributed by atoms with E-state index in [1.165, 1.54) is 6.92 Å². The van der Waals surface area contributed by atoms with Crippen molar-refractivity contribution < 1.29 is 14.1 Å². The maximum atomic E-state index is 12.4. The number of hydrogen-bond acceptors (Lipinski definition) is 5. The summed E-state index contributed by atoms with van der Waals surface area (Å²) in [6.07, 6.45) is 2.86. The van der Waals surface area contributed by atoms with Crippen LogP contribution in [0, 0.1) is 5.92 Å². The van der Waals surface area contributed by atoms with Gasteiger partial charge in [-0.3, -0.25) is 9.59 Å². The number of amides is 2. The lowest BCUT2D eigenvalue weighted by Gasteiger charge is -2.32. The number of nitrogens with one attached hydrogen (secondary N) is 1. The van der Waals surface area contributed by atoms with E-state index in [9.17, 15) is 9.59 Å². The molecular formula is C17H28N4O3. The molecule has 0 saturated carbocycles. The maximum absolute atomic E-state index is 12.4. The summed E-state index contributed by atoms with van der Waals surface area (Å²) < 4.78 is 5.24. The Hall–Kier alpha value is -1.92. The normalized spacial score (nSPS) is 18.5. The van der Waals surface area contributed by atoms with Crippen molar-refractivity contribution in [1.29, 1.82) is 0 Å². The minimum atomic E-state index is -0.157. The third kappa shape index (κ3) is 5.32. The Morgan fingerprint density at radius 3 is 2.75 bits per heavy atom. The summed E-state index contributed by atoms with van der Waals surface area (Å²) in [7, 11) is 0. The molecule has 134 valence electrons. The Morgan fingerprint density at radius 2 is 2.12 bits per heavy atom. The van der Waals surface area contributed by atoms with E-state index in [1.807, 2.05) is 25.7 Å². The Balaban J connectivity index is 1.81. The van der Waals surface area contributed by atoms with Gasteiger partial charge in [0.1, 0.15) is 0 Å². The van der Waals surface area contributed by atoms with Gasteiger partial charge < -0.3 is 14.7 Å². The zero-order valence-corrected chi connectivity index (χ0v) is 15.1. The summed E-state index contributed by atoms with van der Waals surface area (Å²) in [4.78, 5) is 29.7. The number of likely N-dealkylation sites (tertiary alicyclic amines) is 1. The number of aromatic nitrogens is 2. The number of carbonyl (C=O) groups excluding carboxylic acids is 2. The molecule has 2 rings (SSSR count). The van der Waals surface area contributed by atoms with Gasteiger partial charge in [-0.2, -0.15) is 4.98 Å². The van der Waals surface area contributed by atoms with Crippen LogP contribution in [0.15, 0.2) is 4.52 Å². The van der Waals surface area contributed by atoms with Crippen LogP contribution in [0.5, 0.6) is 0 Å². The smallest absolute Gasteiger partial charge is 0.227 e. The van der Waals surface area contributed by atoms with Gasteiger partial charge in [0, 0.05) is 44.8 Å². The van der Waals surface area contributed by atoms with Crippen LogP contribution in [0.25, 0.3) is 0 Å². The van der Waals surface area contributed by atoms with Crippen molar-refractivity contribution in [2.24, 2.45) is 5.92 Å². The predicted octanol–water partition coefficient (Wildman–Crippen LogP) is 1.67. The quantitative estimate of drug-likeness (QED) is 0.883. The summed E-state index contributed by atoms with van der Waals surface area (Å²) in [5, 5.41) is 6.82. The second-order valence-corrected chi connectivity index (χ2v) is 7.55. The molecule has 0 aliphatic carbocycles. The average molecular weight is 336 g/mol. The number of aryl methyl sites for hydroxylation is 1. The van der Waals surface area contributed by atoms with E-state index in [4.69, 9.17) is 4.52 Å². The highest BCUT2D eigenvalue weighted by Gasteiger charge is 2.25. The number of hydrogen-bond donors (Lipinski definition) is 1. The van der Waals surface area contributed by atoms with E-state index >= 15 is 0 Å². The molecule has 0 bridgehead atoms. The van der Waals surface area contributed by atoms with Crippen LogP contribution in [0.3, 0.4) is 0 Å². The molecule has 24 heavy (non-hydrogen) atoms. The Labute approximate surface area is 143 Å². The molecule has 0 aromatic carbocycles. The summed E-state index contributed by atoms with van der Waals surface area (Å²) in [5.41, 5.74) is -0.157. The number of piperidine rings is 1. The van der Waals surface area contributed by atoms with Gasteiger partial charge in [-0.1, -0.05) is 25.9 Å². The Morgan fingerprint density at radius 1 is 1.38 bits per heavy atom.